The van der Waals surface area contributed by atoms with Crippen molar-refractivity contribution in [2.45, 2.75) is 45.4 Å². The highest BCUT2D eigenvalue weighted by atomic mass is 19.4. The van der Waals surface area contributed by atoms with E-state index in [9.17, 15) is 22.8 Å². The van der Waals surface area contributed by atoms with Crippen LogP contribution in [-0.2, 0) is 19.1 Å². The summed E-state index contributed by atoms with van der Waals surface area (Å²) in [6.45, 7) is 2.22. The Morgan fingerprint density at radius 1 is 1.50 bits per heavy atom. The van der Waals surface area contributed by atoms with Gasteiger partial charge in [0.1, 0.15) is 0 Å². The lowest BCUT2D eigenvalue weighted by Crippen LogP contribution is -2.46. The zero-order valence-electron chi connectivity index (χ0n) is 10.2. The second kappa shape index (κ2) is 5.16. The summed E-state index contributed by atoms with van der Waals surface area (Å²) in [4.78, 5) is 22.8. The summed E-state index contributed by atoms with van der Waals surface area (Å²) >= 11 is 0. The molecule has 2 unspecified atom stereocenters. The van der Waals surface area contributed by atoms with Gasteiger partial charge in [0.2, 0.25) is 0 Å². The lowest BCUT2D eigenvalue weighted by molar-refractivity contribution is -0.235. The summed E-state index contributed by atoms with van der Waals surface area (Å²) in [6, 6.07) is 0. The van der Waals surface area contributed by atoms with Crippen molar-refractivity contribution in [3.05, 3.63) is 0 Å². The quantitative estimate of drug-likeness (QED) is 0.736. The molecule has 2 atom stereocenters. The number of carbonyl (C=O) groups excluding carboxylic acids is 2. The molecule has 1 fully saturated rings. The minimum atomic E-state index is -4.71. The molecule has 0 amide bonds. The molecule has 0 saturated carbocycles. The third-order valence-corrected chi connectivity index (χ3v) is 3.15. The lowest BCUT2D eigenvalue weighted by atomic mass is 9.87. The molecule has 0 radical (unpaired) electrons. The average Bonchev–Trinajstić information content (AvgIpc) is 2.29. The zero-order valence-corrected chi connectivity index (χ0v) is 10.2. The molecule has 0 N–H and O–H groups in total. The maximum Gasteiger partial charge on any atom is 0.404 e. The molecule has 0 spiro atoms. The van der Waals surface area contributed by atoms with Crippen molar-refractivity contribution in [2.75, 3.05) is 6.61 Å². The Hall–Kier alpha value is -1.27. The number of esters is 2. The van der Waals surface area contributed by atoms with E-state index in [0.717, 1.165) is 6.92 Å². The van der Waals surface area contributed by atoms with Gasteiger partial charge in [0.15, 0.2) is 11.5 Å². The smallest absolute Gasteiger partial charge is 0.404 e. The average molecular weight is 268 g/mol. The zero-order chi connectivity index (χ0) is 14.0. The van der Waals surface area contributed by atoms with E-state index in [0.29, 0.717) is 6.42 Å². The van der Waals surface area contributed by atoms with Crippen LogP contribution in [-0.4, -0.2) is 30.8 Å². The molecule has 0 aromatic rings. The highest BCUT2D eigenvalue weighted by Gasteiger charge is 2.57. The molecule has 104 valence electrons. The van der Waals surface area contributed by atoms with E-state index in [4.69, 9.17) is 0 Å². The Morgan fingerprint density at radius 2 is 2.11 bits per heavy atom. The summed E-state index contributed by atoms with van der Waals surface area (Å²) in [5.41, 5.74) is -2.59. The first-order valence-electron chi connectivity index (χ1n) is 5.67. The molecule has 18 heavy (non-hydrogen) atoms. The van der Waals surface area contributed by atoms with Gasteiger partial charge in [0.05, 0.1) is 6.61 Å². The Kier molecular flexibility index (Phi) is 4.24. The van der Waals surface area contributed by atoms with Crippen LogP contribution >= 0.6 is 0 Å². The molecule has 1 heterocycles. The standard InChI is InChI=1S/C11H15F3O4/c1-3-10(2,11(12,13)14)9(16)18-7-5-4-6-17-8(7)15/h7H,3-6H2,1-2H3. The predicted octanol–water partition coefficient (Wildman–Crippen LogP) is 2.21. The van der Waals surface area contributed by atoms with Crippen LogP contribution < -0.4 is 0 Å². The van der Waals surface area contributed by atoms with E-state index >= 15 is 0 Å². The SMILES string of the molecule is CCC(C)(C(=O)OC1CCCOC1=O)C(F)(F)F. The minimum Gasteiger partial charge on any atom is -0.463 e. The van der Waals surface area contributed by atoms with Crippen molar-refractivity contribution in [2.24, 2.45) is 5.41 Å². The maximum absolute atomic E-state index is 12.8. The van der Waals surface area contributed by atoms with E-state index < -0.39 is 36.1 Å². The van der Waals surface area contributed by atoms with E-state index in [2.05, 4.69) is 9.47 Å². The first kappa shape index (κ1) is 14.8. The Bertz CT molecular complexity index is 340. The fraction of sp³-hybridized carbons (Fsp3) is 0.818. The van der Waals surface area contributed by atoms with E-state index in [1.54, 1.807) is 0 Å². The summed E-state index contributed by atoms with van der Waals surface area (Å²) in [6.07, 6.45) is -5.71. The fourth-order valence-electron chi connectivity index (χ4n) is 1.48. The first-order chi connectivity index (χ1) is 8.22. The van der Waals surface area contributed by atoms with Gasteiger partial charge in [-0.3, -0.25) is 4.79 Å². The van der Waals surface area contributed by atoms with Crippen molar-refractivity contribution in [3.8, 4) is 0 Å². The van der Waals surface area contributed by atoms with Crippen LogP contribution in [0.5, 0.6) is 0 Å². The molecular formula is C11H15F3O4. The molecule has 7 heteroatoms. The molecule has 0 aliphatic carbocycles. The number of carbonyl (C=O) groups is 2. The van der Waals surface area contributed by atoms with Gasteiger partial charge in [0, 0.05) is 0 Å². The summed E-state index contributed by atoms with van der Waals surface area (Å²) in [5.74, 6) is -2.21. The van der Waals surface area contributed by atoms with E-state index in [-0.39, 0.29) is 13.0 Å². The highest BCUT2D eigenvalue weighted by molar-refractivity contribution is 5.83. The number of ether oxygens (including phenoxy) is 2. The second-order valence-corrected chi connectivity index (χ2v) is 4.39. The van der Waals surface area contributed by atoms with Crippen LogP contribution in [0.15, 0.2) is 0 Å². The van der Waals surface area contributed by atoms with Crippen LogP contribution in [0.1, 0.15) is 33.1 Å². The van der Waals surface area contributed by atoms with E-state index in [1.807, 2.05) is 0 Å². The summed E-state index contributed by atoms with van der Waals surface area (Å²) in [7, 11) is 0. The van der Waals surface area contributed by atoms with Crippen LogP contribution in [0.2, 0.25) is 0 Å². The van der Waals surface area contributed by atoms with Gasteiger partial charge >= 0.3 is 18.1 Å². The van der Waals surface area contributed by atoms with Crippen molar-refractivity contribution < 1.29 is 32.2 Å². The Balaban J connectivity index is 2.77. The summed E-state index contributed by atoms with van der Waals surface area (Å²) in [5, 5.41) is 0. The van der Waals surface area contributed by atoms with Crippen LogP contribution in [0.3, 0.4) is 0 Å². The largest absolute Gasteiger partial charge is 0.463 e. The molecule has 0 aromatic heterocycles. The molecule has 4 nitrogen and oxygen atoms in total. The second-order valence-electron chi connectivity index (χ2n) is 4.39. The van der Waals surface area contributed by atoms with Gasteiger partial charge in [-0.2, -0.15) is 13.2 Å². The number of halogens is 3. The molecule has 1 saturated heterocycles. The number of hydrogen-bond donors (Lipinski definition) is 0. The van der Waals surface area contributed by atoms with Gasteiger partial charge < -0.3 is 9.47 Å². The van der Waals surface area contributed by atoms with Crippen molar-refractivity contribution in [1.82, 2.24) is 0 Å². The highest BCUT2D eigenvalue weighted by Crippen LogP contribution is 2.42. The van der Waals surface area contributed by atoms with Crippen LogP contribution in [0.4, 0.5) is 13.2 Å². The first-order valence-corrected chi connectivity index (χ1v) is 5.67. The number of hydrogen-bond acceptors (Lipinski definition) is 4. The van der Waals surface area contributed by atoms with Gasteiger partial charge in [-0.25, -0.2) is 4.79 Å². The normalized spacial score (nSPS) is 24.1. The molecule has 1 aliphatic rings. The third kappa shape index (κ3) is 2.76. The van der Waals surface area contributed by atoms with Crippen molar-refractivity contribution in [3.63, 3.8) is 0 Å². The number of cyclic esters (lactones) is 1. The molecule has 1 aliphatic heterocycles. The van der Waals surface area contributed by atoms with Crippen molar-refractivity contribution >= 4 is 11.9 Å². The third-order valence-electron chi connectivity index (χ3n) is 3.15. The molecule has 1 rings (SSSR count). The molecule has 0 aromatic carbocycles. The minimum absolute atomic E-state index is 0.197. The monoisotopic (exact) mass is 268 g/mol. The molecular weight excluding hydrogens is 253 g/mol. The molecule has 0 bridgehead atoms. The topological polar surface area (TPSA) is 52.6 Å². The van der Waals surface area contributed by atoms with Crippen LogP contribution in [0, 0.1) is 5.41 Å². The maximum atomic E-state index is 12.8. The van der Waals surface area contributed by atoms with Gasteiger partial charge in [0.25, 0.3) is 0 Å². The Morgan fingerprint density at radius 3 is 2.56 bits per heavy atom. The fourth-order valence-corrected chi connectivity index (χ4v) is 1.48. The predicted molar refractivity (Wildman–Crippen MR) is 54.5 cm³/mol. The number of alkyl halides is 3. The lowest BCUT2D eigenvalue weighted by Gasteiger charge is -2.30. The van der Waals surface area contributed by atoms with Gasteiger partial charge in [-0.15, -0.1) is 0 Å². The van der Waals surface area contributed by atoms with Crippen molar-refractivity contribution in [1.29, 1.82) is 0 Å². The summed E-state index contributed by atoms with van der Waals surface area (Å²) < 4.78 is 47.6. The van der Waals surface area contributed by atoms with Gasteiger partial charge in [-0.1, -0.05) is 6.92 Å². The van der Waals surface area contributed by atoms with E-state index in [1.165, 1.54) is 6.92 Å². The number of rotatable bonds is 3. The Labute approximate surface area is 102 Å². The van der Waals surface area contributed by atoms with Crippen LogP contribution in [0.25, 0.3) is 0 Å². The van der Waals surface area contributed by atoms with Gasteiger partial charge in [-0.05, 0) is 26.2 Å².